The molecule has 0 aromatic rings. The Morgan fingerprint density at radius 1 is 1.20 bits per heavy atom. The Kier molecular flexibility index (Phi) is 5.06. The first-order chi connectivity index (χ1) is 9.54. The number of hydrogen-bond acceptors (Lipinski definition) is 2. The molecule has 0 bridgehead atoms. The van der Waals surface area contributed by atoms with Gasteiger partial charge in [0.25, 0.3) is 0 Å². The lowest BCUT2D eigenvalue weighted by atomic mass is 9.89. The Morgan fingerprint density at radius 3 is 2.40 bits per heavy atom. The predicted molar refractivity (Wildman–Crippen MR) is 79.2 cm³/mol. The first kappa shape index (κ1) is 15.3. The molecule has 2 unspecified atom stereocenters. The van der Waals surface area contributed by atoms with Crippen LogP contribution in [-0.2, 0) is 9.59 Å². The predicted octanol–water partition coefficient (Wildman–Crippen LogP) is 2.47. The smallest absolute Gasteiger partial charge is 0.246 e. The Morgan fingerprint density at radius 2 is 1.85 bits per heavy atom. The molecule has 20 heavy (non-hydrogen) atoms. The summed E-state index contributed by atoms with van der Waals surface area (Å²) >= 11 is 0. The monoisotopic (exact) mass is 280 g/mol. The van der Waals surface area contributed by atoms with E-state index in [2.05, 4.69) is 19.2 Å². The summed E-state index contributed by atoms with van der Waals surface area (Å²) in [6.45, 7) is 6.19. The van der Waals surface area contributed by atoms with Crippen LogP contribution in [0.5, 0.6) is 0 Å². The SMILES string of the molecule is CCC1NC(=O)C(CC(C)C)N(C2CCCCC2)C1=O. The fraction of sp³-hybridized carbons (Fsp3) is 0.875. The summed E-state index contributed by atoms with van der Waals surface area (Å²) in [6.07, 6.45) is 7.19. The zero-order valence-corrected chi connectivity index (χ0v) is 13.0. The lowest BCUT2D eigenvalue weighted by Crippen LogP contribution is -2.66. The van der Waals surface area contributed by atoms with Crippen LogP contribution in [-0.4, -0.2) is 34.8 Å². The molecule has 2 fully saturated rings. The van der Waals surface area contributed by atoms with Crippen LogP contribution >= 0.6 is 0 Å². The van der Waals surface area contributed by atoms with Gasteiger partial charge in [0.2, 0.25) is 11.8 Å². The van der Waals surface area contributed by atoms with Gasteiger partial charge in [-0.3, -0.25) is 9.59 Å². The maximum absolute atomic E-state index is 12.7. The molecule has 1 aliphatic carbocycles. The molecule has 4 heteroatoms. The van der Waals surface area contributed by atoms with Crippen molar-refractivity contribution in [3.63, 3.8) is 0 Å². The van der Waals surface area contributed by atoms with Crippen molar-refractivity contribution >= 4 is 11.8 Å². The normalized spacial score (nSPS) is 28.9. The van der Waals surface area contributed by atoms with Gasteiger partial charge in [-0.05, 0) is 31.6 Å². The van der Waals surface area contributed by atoms with Gasteiger partial charge < -0.3 is 10.2 Å². The Labute approximate surface area is 122 Å². The van der Waals surface area contributed by atoms with Gasteiger partial charge in [0.1, 0.15) is 12.1 Å². The summed E-state index contributed by atoms with van der Waals surface area (Å²) in [6, 6.07) is -0.290. The van der Waals surface area contributed by atoms with E-state index < -0.39 is 0 Å². The van der Waals surface area contributed by atoms with Crippen molar-refractivity contribution in [3.05, 3.63) is 0 Å². The van der Waals surface area contributed by atoms with Crippen LogP contribution in [0.1, 0.15) is 65.7 Å². The van der Waals surface area contributed by atoms with Gasteiger partial charge in [-0.25, -0.2) is 0 Å². The molecular weight excluding hydrogens is 252 g/mol. The largest absolute Gasteiger partial charge is 0.343 e. The molecule has 1 saturated carbocycles. The minimum atomic E-state index is -0.312. The van der Waals surface area contributed by atoms with Gasteiger partial charge in [0.05, 0.1) is 0 Å². The van der Waals surface area contributed by atoms with E-state index in [1.807, 2.05) is 11.8 Å². The molecule has 2 rings (SSSR count). The van der Waals surface area contributed by atoms with Crippen molar-refractivity contribution in [1.82, 2.24) is 10.2 Å². The molecule has 114 valence electrons. The number of nitrogens with one attached hydrogen (secondary N) is 1. The van der Waals surface area contributed by atoms with Crippen LogP contribution in [0, 0.1) is 5.92 Å². The molecule has 0 radical (unpaired) electrons. The van der Waals surface area contributed by atoms with Gasteiger partial charge in [-0.2, -0.15) is 0 Å². The Hall–Kier alpha value is -1.06. The van der Waals surface area contributed by atoms with E-state index in [9.17, 15) is 9.59 Å². The number of piperazine rings is 1. The van der Waals surface area contributed by atoms with Crippen LogP contribution in [0.25, 0.3) is 0 Å². The average Bonchev–Trinajstić information content (AvgIpc) is 2.43. The second-order valence-corrected chi connectivity index (χ2v) is 6.65. The third-order valence-corrected chi connectivity index (χ3v) is 4.58. The molecule has 0 aromatic heterocycles. The molecule has 4 nitrogen and oxygen atoms in total. The van der Waals surface area contributed by atoms with Gasteiger partial charge in [-0.1, -0.05) is 40.0 Å². The highest BCUT2D eigenvalue weighted by Gasteiger charge is 2.43. The van der Waals surface area contributed by atoms with Crippen molar-refractivity contribution in [2.45, 2.75) is 83.8 Å². The summed E-state index contributed by atoms with van der Waals surface area (Å²) < 4.78 is 0. The van der Waals surface area contributed by atoms with E-state index in [1.165, 1.54) is 19.3 Å². The first-order valence-corrected chi connectivity index (χ1v) is 8.17. The standard InChI is InChI=1S/C16H28N2O2/c1-4-13-16(20)18(12-8-6-5-7-9-12)14(10-11(2)3)15(19)17-13/h11-14H,4-10H2,1-3H3,(H,17,19). The number of rotatable bonds is 4. The van der Waals surface area contributed by atoms with Gasteiger partial charge in [-0.15, -0.1) is 0 Å². The van der Waals surface area contributed by atoms with Gasteiger partial charge in [0, 0.05) is 6.04 Å². The Bertz CT molecular complexity index is 361. The highest BCUT2D eigenvalue weighted by molar-refractivity contribution is 5.97. The number of amides is 2. The molecular formula is C16H28N2O2. The number of nitrogens with zero attached hydrogens (tertiary/aromatic N) is 1. The van der Waals surface area contributed by atoms with Crippen LogP contribution in [0.2, 0.25) is 0 Å². The lowest BCUT2D eigenvalue weighted by Gasteiger charge is -2.45. The van der Waals surface area contributed by atoms with Crippen LogP contribution in [0.3, 0.4) is 0 Å². The average molecular weight is 280 g/mol. The number of carbonyl (C=O) groups excluding carboxylic acids is 2. The quantitative estimate of drug-likeness (QED) is 0.860. The molecule has 2 aliphatic rings. The minimum absolute atomic E-state index is 0.0516. The molecule has 2 amide bonds. The lowest BCUT2D eigenvalue weighted by molar-refractivity contribution is -0.153. The fourth-order valence-electron chi connectivity index (χ4n) is 3.53. The van der Waals surface area contributed by atoms with E-state index in [4.69, 9.17) is 0 Å². The number of hydrogen-bond donors (Lipinski definition) is 1. The summed E-state index contributed by atoms with van der Waals surface area (Å²) in [7, 11) is 0. The molecule has 1 saturated heterocycles. The van der Waals surface area contributed by atoms with Crippen molar-refractivity contribution < 1.29 is 9.59 Å². The van der Waals surface area contributed by atoms with Crippen molar-refractivity contribution in [2.75, 3.05) is 0 Å². The third-order valence-electron chi connectivity index (χ3n) is 4.58. The molecule has 0 aromatic carbocycles. The maximum Gasteiger partial charge on any atom is 0.246 e. The number of carbonyl (C=O) groups is 2. The zero-order chi connectivity index (χ0) is 14.7. The summed E-state index contributed by atoms with van der Waals surface area (Å²) in [5.74, 6) is 0.614. The fourth-order valence-corrected chi connectivity index (χ4v) is 3.53. The van der Waals surface area contributed by atoms with Crippen LogP contribution in [0.4, 0.5) is 0 Å². The second-order valence-electron chi connectivity index (χ2n) is 6.65. The molecule has 1 N–H and O–H groups in total. The highest BCUT2D eigenvalue weighted by Crippen LogP contribution is 2.29. The van der Waals surface area contributed by atoms with E-state index in [1.54, 1.807) is 0 Å². The molecule has 1 heterocycles. The summed E-state index contributed by atoms with van der Waals surface area (Å²) in [4.78, 5) is 27.0. The third kappa shape index (κ3) is 3.15. The first-order valence-electron chi connectivity index (χ1n) is 8.17. The van der Waals surface area contributed by atoms with E-state index in [0.717, 1.165) is 19.3 Å². The maximum atomic E-state index is 12.7. The summed E-state index contributed by atoms with van der Waals surface area (Å²) in [5, 5.41) is 2.91. The van der Waals surface area contributed by atoms with Gasteiger partial charge >= 0.3 is 0 Å². The van der Waals surface area contributed by atoms with Crippen LogP contribution in [0.15, 0.2) is 0 Å². The molecule has 2 atom stereocenters. The zero-order valence-electron chi connectivity index (χ0n) is 13.0. The van der Waals surface area contributed by atoms with E-state index in [-0.39, 0.29) is 29.9 Å². The van der Waals surface area contributed by atoms with Crippen molar-refractivity contribution in [3.8, 4) is 0 Å². The van der Waals surface area contributed by atoms with Gasteiger partial charge in [0.15, 0.2) is 0 Å². The second kappa shape index (κ2) is 6.59. The molecule has 1 aliphatic heterocycles. The minimum Gasteiger partial charge on any atom is -0.343 e. The van der Waals surface area contributed by atoms with Crippen LogP contribution < -0.4 is 5.32 Å². The van der Waals surface area contributed by atoms with Crippen molar-refractivity contribution in [1.29, 1.82) is 0 Å². The molecule has 0 spiro atoms. The Balaban J connectivity index is 2.21. The summed E-state index contributed by atoms with van der Waals surface area (Å²) in [5.41, 5.74) is 0. The van der Waals surface area contributed by atoms with E-state index >= 15 is 0 Å². The highest BCUT2D eigenvalue weighted by atomic mass is 16.2. The van der Waals surface area contributed by atoms with E-state index in [0.29, 0.717) is 12.3 Å². The topological polar surface area (TPSA) is 49.4 Å². The van der Waals surface area contributed by atoms with Crippen molar-refractivity contribution in [2.24, 2.45) is 5.92 Å².